The van der Waals surface area contributed by atoms with E-state index in [2.05, 4.69) is 5.32 Å². The van der Waals surface area contributed by atoms with Crippen molar-refractivity contribution in [3.8, 4) is 5.75 Å². The van der Waals surface area contributed by atoms with Gasteiger partial charge in [0.2, 0.25) is 5.91 Å². The average molecular weight is 347 g/mol. The van der Waals surface area contributed by atoms with Crippen molar-refractivity contribution in [2.45, 2.75) is 13.3 Å². The highest BCUT2D eigenvalue weighted by molar-refractivity contribution is 6.30. The van der Waals surface area contributed by atoms with Gasteiger partial charge in [-0.25, -0.2) is 0 Å². The molecule has 1 N–H and O–H groups in total. The molecule has 0 saturated carbocycles. The van der Waals surface area contributed by atoms with Crippen molar-refractivity contribution in [1.29, 1.82) is 0 Å². The third-order valence-corrected chi connectivity index (χ3v) is 4.22. The summed E-state index contributed by atoms with van der Waals surface area (Å²) in [6.45, 7) is 2.04. The highest BCUT2D eigenvalue weighted by Gasteiger charge is 2.26. The second-order valence-electron chi connectivity index (χ2n) is 5.71. The van der Waals surface area contributed by atoms with Crippen LogP contribution in [0, 0.1) is 23.0 Å². The number of aryl methyl sites for hydroxylation is 1. The fourth-order valence-electron chi connectivity index (χ4n) is 2.62. The Balaban J connectivity index is 1.76. The van der Waals surface area contributed by atoms with Crippen LogP contribution < -0.4 is 10.1 Å². The van der Waals surface area contributed by atoms with Crippen LogP contribution in [0.5, 0.6) is 5.75 Å². The van der Waals surface area contributed by atoms with Crippen LogP contribution in [0.3, 0.4) is 0 Å². The zero-order valence-electron chi connectivity index (χ0n) is 12.9. The smallest absolute Gasteiger partial charge is 0.271 e. The van der Waals surface area contributed by atoms with Gasteiger partial charge in [-0.05, 0) is 42.7 Å². The molecule has 6 nitrogen and oxygen atoms in total. The van der Waals surface area contributed by atoms with Gasteiger partial charge in [-0.1, -0.05) is 17.7 Å². The maximum Gasteiger partial charge on any atom is 0.271 e. The molecule has 0 aliphatic carbocycles. The molecule has 124 valence electrons. The van der Waals surface area contributed by atoms with E-state index in [0.29, 0.717) is 17.1 Å². The zero-order chi connectivity index (χ0) is 17.3. The van der Waals surface area contributed by atoms with Gasteiger partial charge in [0.1, 0.15) is 12.4 Å². The quantitative estimate of drug-likeness (QED) is 0.678. The molecule has 0 spiro atoms. The maximum atomic E-state index is 12.5. The number of nitro groups is 1. The number of non-ortho nitro benzene ring substituents is 1. The molecular weight excluding hydrogens is 332 g/mol. The number of nitrogens with zero attached hydrogens (tertiary/aromatic N) is 1. The first-order valence-electron chi connectivity index (χ1n) is 7.41. The van der Waals surface area contributed by atoms with E-state index in [9.17, 15) is 14.9 Å². The van der Waals surface area contributed by atoms with E-state index in [1.54, 1.807) is 31.2 Å². The molecule has 0 fully saturated rings. The van der Waals surface area contributed by atoms with Gasteiger partial charge in [0.05, 0.1) is 16.5 Å². The molecule has 2 aromatic carbocycles. The first-order chi connectivity index (χ1) is 11.4. The van der Waals surface area contributed by atoms with E-state index >= 15 is 0 Å². The van der Waals surface area contributed by atoms with Crippen molar-refractivity contribution in [3.05, 3.63) is 62.7 Å². The number of carbonyl (C=O) groups excluding carboxylic acids is 1. The fourth-order valence-corrected chi connectivity index (χ4v) is 2.82. The highest BCUT2D eigenvalue weighted by atomic mass is 35.5. The Morgan fingerprint density at radius 2 is 2.12 bits per heavy atom. The average Bonchev–Trinajstić information content (AvgIpc) is 2.55. The first-order valence-corrected chi connectivity index (χ1v) is 7.79. The number of fused-ring (bicyclic) bond motifs is 1. The summed E-state index contributed by atoms with van der Waals surface area (Å²) in [6, 6.07) is 9.70. The van der Waals surface area contributed by atoms with E-state index < -0.39 is 4.92 Å². The summed E-state index contributed by atoms with van der Waals surface area (Å²) < 4.78 is 5.61. The second kappa shape index (κ2) is 6.49. The monoisotopic (exact) mass is 346 g/mol. The minimum Gasteiger partial charge on any atom is -0.492 e. The SMILES string of the molecule is Cc1ccc([N+](=O)[O-])cc1NC(=O)C1COc2ccc(Cl)cc2C1. The molecule has 0 bridgehead atoms. The largest absolute Gasteiger partial charge is 0.492 e. The van der Waals surface area contributed by atoms with Crippen molar-refractivity contribution in [2.24, 2.45) is 5.92 Å². The Labute approximate surface area is 143 Å². The third kappa shape index (κ3) is 3.33. The van der Waals surface area contributed by atoms with Crippen LogP contribution in [-0.4, -0.2) is 17.4 Å². The molecule has 3 rings (SSSR count). The molecule has 1 aliphatic heterocycles. The van der Waals surface area contributed by atoms with Crippen molar-refractivity contribution >= 4 is 28.9 Å². The zero-order valence-corrected chi connectivity index (χ0v) is 13.7. The van der Waals surface area contributed by atoms with Gasteiger partial charge in [-0.3, -0.25) is 14.9 Å². The van der Waals surface area contributed by atoms with Gasteiger partial charge in [0, 0.05) is 17.2 Å². The van der Waals surface area contributed by atoms with Gasteiger partial charge in [-0.2, -0.15) is 0 Å². The number of hydrogen-bond donors (Lipinski definition) is 1. The molecule has 1 unspecified atom stereocenters. The lowest BCUT2D eigenvalue weighted by Gasteiger charge is -2.25. The van der Waals surface area contributed by atoms with Crippen LogP contribution in [0.25, 0.3) is 0 Å². The molecule has 1 aliphatic rings. The number of hydrogen-bond acceptors (Lipinski definition) is 4. The van der Waals surface area contributed by atoms with Crippen LogP contribution in [0.1, 0.15) is 11.1 Å². The minimum absolute atomic E-state index is 0.0621. The number of ether oxygens (including phenoxy) is 1. The Hall–Kier alpha value is -2.60. The van der Waals surface area contributed by atoms with Crippen LogP contribution in [-0.2, 0) is 11.2 Å². The van der Waals surface area contributed by atoms with E-state index in [4.69, 9.17) is 16.3 Å². The molecule has 24 heavy (non-hydrogen) atoms. The summed E-state index contributed by atoms with van der Waals surface area (Å²) in [6.07, 6.45) is 0.510. The summed E-state index contributed by atoms with van der Waals surface area (Å²) in [5.41, 5.74) is 2.01. The summed E-state index contributed by atoms with van der Waals surface area (Å²) >= 11 is 5.98. The van der Waals surface area contributed by atoms with Gasteiger partial charge < -0.3 is 10.1 Å². The van der Waals surface area contributed by atoms with E-state index in [-0.39, 0.29) is 24.1 Å². The maximum absolute atomic E-state index is 12.5. The predicted molar refractivity (Wildman–Crippen MR) is 90.6 cm³/mol. The Morgan fingerprint density at radius 3 is 2.88 bits per heavy atom. The predicted octanol–water partition coefficient (Wildman–Crippen LogP) is 3.75. The topological polar surface area (TPSA) is 81.5 Å². The summed E-state index contributed by atoms with van der Waals surface area (Å²) in [4.78, 5) is 22.9. The van der Waals surface area contributed by atoms with Crippen LogP contribution in [0.15, 0.2) is 36.4 Å². The number of rotatable bonds is 3. The summed E-state index contributed by atoms with van der Waals surface area (Å²) in [5.74, 6) is 0.119. The number of nitrogens with one attached hydrogen (secondary N) is 1. The molecule has 2 aromatic rings. The number of halogens is 1. The van der Waals surface area contributed by atoms with E-state index in [1.807, 2.05) is 0 Å². The van der Waals surface area contributed by atoms with Crippen LogP contribution in [0.4, 0.5) is 11.4 Å². The molecule has 0 saturated heterocycles. The lowest BCUT2D eigenvalue weighted by atomic mass is 9.96. The lowest BCUT2D eigenvalue weighted by Crippen LogP contribution is -2.32. The van der Waals surface area contributed by atoms with Crippen molar-refractivity contribution < 1.29 is 14.5 Å². The molecule has 1 amide bonds. The minimum atomic E-state index is -0.489. The molecule has 1 heterocycles. The van der Waals surface area contributed by atoms with Crippen molar-refractivity contribution in [3.63, 3.8) is 0 Å². The van der Waals surface area contributed by atoms with Crippen molar-refractivity contribution in [1.82, 2.24) is 0 Å². The van der Waals surface area contributed by atoms with E-state index in [0.717, 1.165) is 16.9 Å². The first kappa shape index (κ1) is 16.3. The number of benzene rings is 2. The summed E-state index contributed by atoms with van der Waals surface area (Å²) in [5, 5.41) is 14.2. The number of amides is 1. The summed E-state index contributed by atoms with van der Waals surface area (Å²) in [7, 11) is 0. The number of carbonyl (C=O) groups is 1. The van der Waals surface area contributed by atoms with E-state index in [1.165, 1.54) is 12.1 Å². The Kier molecular flexibility index (Phi) is 4.40. The van der Waals surface area contributed by atoms with Gasteiger partial charge in [0.25, 0.3) is 5.69 Å². The normalized spacial score (nSPS) is 16.0. The van der Waals surface area contributed by atoms with Gasteiger partial charge >= 0.3 is 0 Å². The third-order valence-electron chi connectivity index (χ3n) is 3.99. The molecule has 1 atom stereocenters. The van der Waals surface area contributed by atoms with Gasteiger partial charge in [-0.15, -0.1) is 0 Å². The Morgan fingerprint density at radius 1 is 1.33 bits per heavy atom. The molecule has 0 aromatic heterocycles. The number of anilines is 1. The number of nitro benzene ring substituents is 1. The van der Waals surface area contributed by atoms with Crippen LogP contribution >= 0.6 is 11.6 Å². The Bertz CT molecular complexity index is 822. The standard InChI is InChI=1S/C17H15ClN2O4/c1-10-2-4-14(20(22)23)8-15(10)19-17(21)12-6-11-7-13(18)3-5-16(11)24-9-12/h2-5,7-8,12H,6,9H2,1H3,(H,19,21). The highest BCUT2D eigenvalue weighted by Crippen LogP contribution is 2.30. The molecular formula is C17H15ClN2O4. The van der Waals surface area contributed by atoms with Crippen LogP contribution in [0.2, 0.25) is 5.02 Å². The van der Waals surface area contributed by atoms with Gasteiger partial charge in [0.15, 0.2) is 0 Å². The fraction of sp³-hybridized carbons (Fsp3) is 0.235. The lowest BCUT2D eigenvalue weighted by molar-refractivity contribution is -0.384. The molecule has 7 heteroatoms. The second-order valence-corrected chi connectivity index (χ2v) is 6.15. The van der Waals surface area contributed by atoms with Crippen molar-refractivity contribution in [2.75, 3.05) is 11.9 Å². The molecule has 0 radical (unpaired) electrons.